The number of hydrogen-bond acceptors (Lipinski definition) is 11. The zero-order chi connectivity index (χ0) is 55.7. The van der Waals surface area contributed by atoms with Crippen molar-refractivity contribution < 1.29 is 62.7 Å². The molecule has 8 aliphatic carbocycles. The lowest BCUT2D eigenvalue weighted by Crippen LogP contribution is -2.48. The number of Topliss-reactive ketones (excluding diaryl/α,β-unsaturated/α-hetero) is 3. The summed E-state index contributed by atoms with van der Waals surface area (Å²) < 4.78 is 24.6. The fourth-order valence-corrected chi connectivity index (χ4v) is 13.5. The van der Waals surface area contributed by atoms with Crippen LogP contribution in [-0.4, -0.2) is 98.9 Å². The second-order valence-corrected chi connectivity index (χ2v) is 27.1. The molecule has 6 fully saturated rings. The average molecular weight is 1020 g/mol. The minimum absolute atomic E-state index is 0.00458. The molecule has 8 aliphatic rings. The lowest BCUT2D eigenvalue weighted by molar-refractivity contribution is -0.160. The van der Waals surface area contributed by atoms with Crippen molar-refractivity contribution in [2.24, 2.45) is 39.4 Å². The molecule has 0 heterocycles. The van der Waals surface area contributed by atoms with Crippen molar-refractivity contribution in [2.45, 2.75) is 260 Å². The second kappa shape index (κ2) is 22.9. The SMILES string of the molecule is C=C1C(=O)CC[C@]2(C)C1CC[C@H]2OC(C)(C)C.C=O.CC(C)(C)O[C@@H]1CCC2=C(C(=O)O)C(=O)CC[C@]21C.CC(C)(C)O[C@@H]1CCC2=CC(=O)CC[C@]21C.CC(C)(C)O[C@@H]1CCC2C(C(=O)O)C(=O)CC[C@]21C. The van der Waals surface area contributed by atoms with Gasteiger partial charge in [0.1, 0.15) is 24.1 Å². The Bertz CT molecular complexity index is 2160. The maximum atomic E-state index is 11.9. The molecule has 2 N–H and O–H groups in total. The number of carbonyl (C=O) groups excluding carboxylic acids is 5. The minimum Gasteiger partial charge on any atom is -0.481 e. The van der Waals surface area contributed by atoms with E-state index in [1.165, 1.54) is 5.57 Å². The highest BCUT2D eigenvalue weighted by Crippen LogP contribution is 2.57. The zero-order valence-corrected chi connectivity index (χ0v) is 47.7. The van der Waals surface area contributed by atoms with Gasteiger partial charge in [-0.25, -0.2) is 4.79 Å². The summed E-state index contributed by atoms with van der Waals surface area (Å²) in [7, 11) is 0. The van der Waals surface area contributed by atoms with Crippen molar-refractivity contribution in [1.82, 2.24) is 0 Å². The van der Waals surface area contributed by atoms with Crippen LogP contribution in [0.25, 0.3) is 0 Å². The molecule has 13 nitrogen and oxygen atoms in total. The van der Waals surface area contributed by atoms with Gasteiger partial charge in [-0.2, -0.15) is 0 Å². The number of rotatable bonds is 6. The summed E-state index contributed by atoms with van der Waals surface area (Å²) in [4.78, 5) is 77.6. The smallest absolute Gasteiger partial charge is 0.339 e. The number of hydrogen-bond donors (Lipinski definition) is 2. The van der Waals surface area contributed by atoms with Crippen LogP contribution in [0.4, 0.5) is 0 Å². The molecule has 8 rings (SSSR count). The van der Waals surface area contributed by atoms with Crippen molar-refractivity contribution in [3.63, 3.8) is 0 Å². The van der Waals surface area contributed by atoms with Crippen LogP contribution in [0.2, 0.25) is 0 Å². The van der Waals surface area contributed by atoms with E-state index in [1.54, 1.807) is 0 Å². The highest BCUT2D eigenvalue weighted by Gasteiger charge is 2.58. The third-order valence-electron chi connectivity index (χ3n) is 17.2. The molecule has 0 saturated heterocycles. The van der Waals surface area contributed by atoms with E-state index in [4.69, 9.17) is 23.7 Å². The third-order valence-corrected chi connectivity index (χ3v) is 17.2. The molecule has 0 bridgehead atoms. The van der Waals surface area contributed by atoms with Crippen LogP contribution < -0.4 is 0 Å². The lowest BCUT2D eigenvalue weighted by atomic mass is 9.63. The fraction of sp³-hybridized carbons (Fsp3) is 0.783. The first-order valence-electron chi connectivity index (χ1n) is 27.1. The van der Waals surface area contributed by atoms with Gasteiger partial charge in [-0.05, 0) is 195 Å². The van der Waals surface area contributed by atoms with Crippen molar-refractivity contribution in [3.8, 4) is 0 Å². The van der Waals surface area contributed by atoms with E-state index in [0.29, 0.717) is 50.2 Å². The molecule has 412 valence electrons. The highest BCUT2D eigenvalue weighted by molar-refractivity contribution is 6.18. The van der Waals surface area contributed by atoms with E-state index in [0.717, 1.165) is 75.4 Å². The summed E-state index contributed by atoms with van der Waals surface area (Å²) in [5, 5.41) is 18.6. The summed E-state index contributed by atoms with van der Waals surface area (Å²) in [5.41, 5.74) is 2.06. The number of ether oxygens (including phenoxy) is 4. The van der Waals surface area contributed by atoms with Gasteiger partial charge in [-0.3, -0.25) is 24.0 Å². The number of carboxylic acids is 2. The summed E-state index contributed by atoms with van der Waals surface area (Å²) in [6, 6.07) is 0. The number of carbonyl (C=O) groups is 7. The molecular weight excluding hydrogens is 929 g/mol. The number of aliphatic carboxylic acids is 2. The van der Waals surface area contributed by atoms with Crippen LogP contribution >= 0.6 is 0 Å². The van der Waals surface area contributed by atoms with E-state index in [-0.39, 0.29) is 97.3 Å². The molecule has 73 heavy (non-hydrogen) atoms. The summed E-state index contributed by atoms with van der Waals surface area (Å²) in [6.07, 6.45) is 15.2. The monoisotopic (exact) mass is 1020 g/mol. The Morgan fingerprint density at radius 3 is 1.52 bits per heavy atom. The summed E-state index contributed by atoms with van der Waals surface area (Å²) >= 11 is 0. The molecule has 11 atom stereocenters. The molecule has 0 spiro atoms. The number of ketones is 4. The first-order valence-corrected chi connectivity index (χ1v) is 27.1. The Morgan fingerprint density at radius 1 is 0.548 bits per heavy atom. The molecule has 13 heteroatoms. The van der Waals surface area contributed by atoms with Gasteiger partial charge in [-0.15, -0.1) is 0 Å². The van der Waals surface area contributed by atoms with Gasteiger partial charge in [0.05, 0.1) is 46.8 Å². The first kappa shape index (κ1) is 61.9. The second-order valence-electron chi connectivity index (χ2n) is 27.1. The third kappa shape index (κ3) is 14.4. The van der Waals surface area contributed by atoms with Crippen molar-refractivity contribution in [1.29, 1.82) is 0 Å². The highest BCUT2D eigenvalue weighted by atomic mass is 16.5. The average Bonchev–Trinajstić information content (AvgIpc) is 3.96. The minimum atomic E-state index is -1.08. The predicted molar refractivity (Wildman–Crippen MR) is 282 cm³/mol. The fourth-order valence-electron chi connectivity index (χ4n) is 13.5. The van der Waals surface area contributed by atoms with Crippen LogP contribution in [0.1, 0.15) is 214 Å². The van der Waals surface area contributed by atoms with E-state index in [2.05, 4.69) is 68.9 Å². The Hall–Kier alpha value is -3.65. The van der Waals surface area contributed by atoms with Crippen LogP contribution in [0.5, 0.6) is 0 Å². The van der Waals surface area contributed by atoms with Gasteiger partial charge < -0.3 is 34.0 Å². The molecule has 0 aliphatic heterocycles. The zero-order valence-electron chi connectivity index (χ0n) is 47.7. The Morgan fingerprint density at radius 2 is 1.00 bits per heavy atom. The molecule has 0 aromatic carbocycles. The van der Waals surface area contributed by atoms with Crippen LogP contribution in [0.3, 0.4) is 0 Å². The van der Waals surface area contributed by atoms with Gasteiger partial charge in [-0.1, -0.05) is 39.8 Å². The first-order chi connectivity index (χ1) is 33.3. The van der Waals surface area contributed by atoms with E-state index in [9.17, 15) is 39.0 Å². The lowest BCUT2D eigenvalue weighted by Gasteiger charge is -2.44. The van der Waals surface area contributed by atoms with Crippen molar-refractivity contribution >= 4 is 41.9 Å². The normalized spacial score (nSPS) is 35.0. The molecule has 0 aromatic heterocycles. The molecule has 0 radical (unpaired) electrons. The Labute approximate surface area is 437 Å². The van der Waals surface area contributed by atoms with Crippen LogP contribution in [0.15, 0.2) is 34.9 Å². The van der Waals surface area contributed by atoms with Crippen molar-refractivity contribution in [2.75, 3.05) is 0 Å². The van der Waals surface area contributed by atoms with E-state index < -0.39 is 17.9 Å². The van der Waals surface area contributed by atoms with Crippen molar-refractivity contribution in [3.05, 3.63) is 34.9 Å². The number of allylic oxidation sites excluding steroid dienone is 2. The van der Waals surface area contributed by atoms with E-state index in [1.807, 2.05) is 61.3 Å². The van der Waals surface area contributed by atoms with Crippen LogP contribution in [0, 0.1) is 39.4 Å². The van der Waals surface area contributed by atoms with Crippen LogP contribution in [-0.2, 0) is 52.5 Å². The summed E-state index contributed by atoms with van der Waals surface area (Å²) in [6.45, 7) is 39.4. The van der Waals surface area contributed by atoms with Gasteiger partial charge >= 0.3 is 11.9 Å². The molecule has 0 amide bonds. The molecular formula is C60H94O13. The Balaban J connectivity index is 0.000000209. The maximum absolute atomic E-state index is 11.9. The Kier molecular flexibility index (Phi) is 19.4. The largest absolute Gasteiger partial charge is 0.481 e. The standard InChI is InChI=1S/C15H24O4.C15H22O4.C15H24O2.C14H22O2.CH2O/c2*1-14(2,3)19-11-6-5-9-12(13(17)18)10(16)7-8-15(9,11)4;1-10-11-6-7-13(17-14(2,3)4)15(11,5)9-8-12(10)16;1-13(2,3)16-12-6-5-10-9-11(15)7-8-14(10,12)4;1-2/h9,11-12H,5-8H2,1-4H3,(H,17,18);11H,5-8H2,1-4H3,(H,17,18);11,13H,1,6-9H2,2-5H3;9,12H,5-8H2,1-4H3;1H2/t9?,11-,12?,15-;11-,15-;11?,13-,15-;12-,14-;/m1111./s1. The molecule has 6 saturated carbocycles. The van der Waals surface area contributed by atoms with Gasteiger partial charge in [0.25, 0.3) is 0 Å². The predicted octanol–water partition coefficient (Wildman–Crippen LogP) is 11.9. The quantitative estimate of drug-likeness (QED) is 0.145. The topological polar surface area (TPSA) is 197 Å². The number of fused-ring (bicyclic) bond motifs is 4. The maximum Gasteiger partial charge on any atom is 0.339 e. The number of carboxylic acid groups (broad SMARTS) is 2. The summed E-state index contributed by atoms with van der Waals surface area (Å²) in [5.74, 6) is -2.36. The van der Waals surface area contributed by atoms with E-state index >= 15 is 0 Å². The molecule has 3 unspecified atom stereocenters. The molecule has 0 aromatic rings. The van der Waals surface area contributed by atoms with Gasteiger partial charge in [0.15, 0.2) is 17.3 Å². The van der Waals surface area contributed by atoms with Gasteiger partial charge in [0.2, 0.25) is 0 Å². The van der Waals surface area contributed by atoms with Gasteiger partial charge in [0, 0.05) is 41.9 Å².